The molecular weight excluding hydrogens is 983 g/mol. The van der Waals surface area contributed by atoms with Crippen LogP contribution < -0.4 is 5.32 Å². The van der Waals surface area contributed by atoms with Gasteiger partial charge in [-0.15, -0.1) is 0 Å². The zero-order valence-electron chi connectivity index (χ0n) is 54.6. The highest BCUT2D eigenvalue weighted by molar-refractivity contribution is 5.80. The molecule has 1 amide bonds. The Labute approximate surface area is 502 Å². The number of amides is 1. The summed E-state index contributed by atoms with van der Waals surface area (Å²) in [6.07, 6.45) is 86.4. The Hall–Kier alpha value is -0.950. The Morgan fingerprint density at radius 2 is 0.500 bits per heavy atom. The molecule has 478 valence electrons. The normalized spacial score (nSPS) is 13.4. The van der Waals surface area contributed by atoms with Crippen LogP contribution in [-0.2, 0) is 4.79 Å². The van der Waals surface area contributed by atoms with Crippen LogP contribution >= 0.6 is 0 Å². The Morgan fingerprint density at radius 3 is 0.725 bits per heavy atom. The molecule has 0 spiro atoms. The van der Waals surface area contributed by atoms with E-state index in [1.807, 2.05) is 0 Å². The van der Waals surface area contributed by atoms with Gasteiger partial charge in [-0.1, -0.05) is 398 Å². The highest BCUT2D eigenvalue weighted by Crippen LogP contribution is 2.20. The van der Waals surface area contributed by atoms with E-state index in [1.54, 1.807) is 0 Å². The number of carbonyl (C=O) groups excluding carboxylic acids is 1. The summed E-state index contributed by atoms with van der Waals surface area (Å²) in [6.45, 7) is 4.12. The second kappa shape index (κ2) is 68.8. The standard InChI is InChI=1S/C74H147NO5/c1-3-5-7-9-11-13-15-17-19-21-23-25-27-29-31-33-35-37-39-41-43-45-47-49-51-53-55-57-59-61-63-65-67-71(77)73(79)70(69-76)75-74(80)72(78)68-66-64-62-60-58-56-54-52-50-48-46-44-42-40-38-36-34-32-30-28-26-24-22-20-18-16-14-12-10-8-6-4-2/h30,32,70-73,76-79H,3-29,31,33-69H2,1-2H3,(H,75,80)/b32-30-. The predicted molar refractivity (Wildman–Crippen MR) is 353 cm³/mol. The molecule has 6 nitrogen and oxygen atoms in total. The quantitative estimate of drug-likeness (QED) is 0.0308. The van der Waals surface area contributed by atoms with Gasteiger partial charge in [0, 0.05) is 0 Å². The number of unbranched alkanes of at least 4 members (excludes halogenated alkanes) is 59. The smallest absolute Gasteiger partial charge is 0.249 e. The van der Waals surface area contributed by atoms with Crippen LogP contribution in [0.15, 0.2) is 12.2 Å². The van der Waals surface area contributed by atoms with Crippen molar-refractivity contribution in [2.24, 2.45) is 0 Å². The van der Waals surface area contributed by atoms with Gasteiger partial charge >= 0.3 is 0 Å². The molecule has 4 unspecified atom stereocenters. The Bertz CT molecular complexity index is 1180. The van der Waals surface area contributed by atoms with Gasteiger partial charge in [0.1, 0.15) is 12.2 Å². The number of allylic oxidation sites excluding steroid dienone is 2. The molecule has 6 heteroatoms. The maximum Gasteiger partial charge on any atom is 0.249 e. The SMILES string of the molecule is CCCCCCCCCCCCCC/C=C\CCCCCCCCCCCCCCCCCCC(O)C(=O)NC(CO)C(O)C(O)CCCCCCCCCCCCCCCCCCCCCCCCCCCCCCCCCC. The highest BCUT2D eigenvalue weighted by Gasteiger charge is 2.28. The fourth-order valence-corrected chi connectivity index (χ4v) is 12.2. The van der Waals surface area contributed by atoms with Crippen LogP contribution in [-0.4, -0.2) is 57.3 Å². The van der Waals surface area contributed by atoms with E-state index in [1.165, 1.54) is 360 Å². The molecule has 0 rings (SSSR count). The molecule has 0 saturated carbocycles. The number of carbonyl (C=O) groups is 1. The van der Waals surface area contributed by atoms with Gasteiger partial charge in [0.25, 0.3) is 0 Å². The summed E-state index contributed by atoms with van der Waals surface area (Å²) in [7, 11) is 0. The fraction of sp³-hybridized carbons (Fsp3) is 0.959. The Morgan fingerprint density at radius 1 is 0.300 bits per heavy atom. The topological polar surface area (TPSA) is 110 Å². The van der Waals surface area contributed by atoms with Crippen molar-refractivity contribution in [3.05, 3.63) is 12.2 Å². The van der Waals surface area contributed by atoms with Crippen molar-refractivity contribution in [1.29, 1.82) is 0 Å². The molecule has 0 heterocycles. The maximum absolute atomic E-state index is 12.7. The molecule has 0 saturated heterocycles. The lowest BCUT2D eigenvalue weighted by molar-refractivity contribution is -0.132. The minimum absolute atomic E-state index is 0.374. The van der Waals surface area contributed by atoms with Gasteiger partial charge in [-0.2, -0.15) is 0 Å². The van der Waals surface area contributed by atoms with Crippen molar-refractivity contribution in [2.45, 2.75) is 449 Å². The molecule has 4 atom stereocenters. The van der Waals surface area contributed by atoms with E-state index in [0.717, 1.165) is 38.5 Å². The second-order valence-electron chi connectivity index (χ2n) is 26.0. The van der Waals surface area contributed by atoms with Crippen molar-refractivity contribution >= 4 is 5.91 Å². The minimum Gasteiger partial charge on any atom is -0.394 e. The maximum atomic E-state index is 12.7. The lowest BCUT2D eigenvalue weighted by Crippen LogP contribution is -2.53. The molecule has 0 bridgehead atoms. The summed E-state index contributed by atoms with van der Waals surface area (Å²) < 4.78 is 0. The molecule has 0 aliphatic carbocycles. The summed E-state index contributed by atoms with van der Waals surface area (Å²) >= 11 is 0. The van der Waals surface area contributed by atoms with Gasteiger partial charge in [0.15, 0.2) is 0 Å². The number of rotatable bonds is 70. The van der Waals surface area contributed by atoms with Crippen LogP contribution in [0.1, 0.15) is 425 Å². The summed E-state index contributed by atoms with van der Waals surface area (Å²) in [5, 5.41) is 44.3. The number of aliphatic hydroxyl groups is 4. The number of nitrogens with one attached hydrogen (secondary N) is 1. The van der Waals surface area contributed by atoms with Gasteiger partial charge < -0.3 is 25.7 Å². The third kappa shape index (κ3) is 61.6. The molecule has 0 aliphatic rings. The molecule has 0 aromatic carbocycles. The van der Waals surface area contributed by atoms with E-state index in [9.17, 15) is 25.2 Å². The first kappa shape index (κ1) is 79.0. The average Bonchev–Trinajstić information content (AvgIpc) is 3.46. The number of aliphatic hydroxyl groups excluding tert-OH is 4. The zero-order chi connectivity index (χ0) is 58.0. The van der Waals surface area contributed by atoms with Crippen molar-refractivity contribution in [3.63, 3.8) is 0 Å². The summed E-state index contributed by atoms with van der Waals surface area (Å²) in [6, 6.07) is -0.985. The third-order valence-corrected chi connectivity index (χ3v) is 18.0. The van der Waals surface area contributed by atoms with E-state index >= 15 is 0 Å². The minimum atomic E-state index is -1.26. The van der Waals surface area contributed by atoms with E-state index < -0.39 is 36.9 Å². The number of hydrogen-bond donors (Lipinski definition) is 5. The first-order valence-electron chi connectivity index (χ1n) is 37.1. The highest BCUT2D eigenvalue weighted by atomic mass is 16.3. The summed E-state index contributed by atoms with van der Waals surface area (Å²) in [5.74, 6) is -0.574. The molecule has 0 radical (unpaired) electrons. The van der Waals surface area contributed by atoms with Crippen molar-refractivity contribution in [2.75, 3.05) is 6.61 Å². The molecule has 0 fully saturated rings. The van der Waals surface area contributed by atoms with Crippen molar-refractivity contribution in [3.8, 4) is 0 Å². The predicted octanol–water partition coefficient (Wildman–Crippen LogP) is 23.1. The lowest BCUT2D eigenvalue weighted by Gasteiger charge is -2.27. The summed E-state index contributed by atoms with van der Waals surface area (Å²) in [5.41, 5.74) is 0. The molecular formula is C74H147NO5. The zero-order valence-corrected chi connectivity index (χ0v) is 54.6. The molecule has 0 aromatic rings. The van der Waals surface area contributed by atoms with E-state index in [2.05, 4.69) is 31.3 Å². The second-order valence-corrected chi connectivity index (χ2v) is 26.0. The first-order valence-corrected chi connectivity index (χ1v) is 37.1. The molecule has 80 heavy (non-hydrogen) atoms. The van der Waals surface area contributed by atoms with E-state index in [4.69, 9.17) is 0 Å². The van der Waals surface area contributed by atoms with Crippen LogP contribution in [0.3, 0.4) is 0 Å². The van der Waals surface area contributed by atoms with Crippen LogP contribution in [0, 0.1) is 0 Å². The lowest BCUT2D eigenvalue weighted by atomic mass is 9.99. The average molecular weight is 1130 g/mol. The first-order chi connectivity index (χ1) is 39.5. The van der Waals surface area contributed by atoms with E-state index in [-0.39, 0.29) is 0 Å². The Balaban J connectivity index is 3.50. The van der Waals surface area contributed by atoms with Crippen LogP contribution in [0.5, 0.6) is 0 Å². The Kier molecular flexibility index (Phi) is 68.0. The largest absolute Gasteiger partial charge is 0.394 e. The summed E-state index contributed by atoms with van der Waals surface area (Å²) in [4.78, 5) is 12.7. The monoisotopic (exact) mass is 1130 g/mol. The third-order valence-electron chi connectivity index (χ3n) is 18.0. The van der Waals surface area contributed by atoms with Crippen molar-refractivity contribution < 1.29 is 25.2 Å². The molecule has 0 aromatic heterocycles. The van der Waals surface area contributed by atoms with Gasteiger partial charge in [0.05, 0.1) is 18.8 Å². The van der Waals surface area contributed by atoms with Crippen molar-refractivity contribution in [1.82, 2.24) is 5.32 Å². The van der Waals surface area contributed by atoms with E-state index in [0.29, 0.717) is 12.8 Å². The van der Waals surface area contributed by atoms with Crippen LogP contribution in [0.2, 0.25) is 0 Å². The van der Waals surface area contributed by atoms with Crippen LogP contribution in [0.25, 0.3) is 0 Å². The van der Waals surface area contributed by atoms with Gasteiger partial charge in [-0.05, 0) is 38.5 Å². The molecule has 5 N–H and O–H groups in total. The molecule has 0 aliphatic heterocycles. The van der Waals surface area contributed by atoms with Gasteiger partial charge in [-0.3, -0.25) is 4.79 Å². The fourth-order valence-electron chi connectivity index (χ4n) is 12.2. The van der Waals surface area contributed by atoms with Gasteiger partial charge in [0.2, 0.25) is 5.91 Å². The van der Waals surface area contributed by atoms with Gasteiger partial charge in [-0.25, -0.2) is 0 Å². The number of hydrogen-bond acceptors (Lipinski definition) is 5. The van der Waals surface area contributed by atoms with Crippen LogP contribution in [0.4, 0.5) is 0 Å².